The number of hydrogen-bond donors (Lipinski definition) is 1. The number of carbonyl (C=O) groups excluding carboxylic acids is 3. The van der Waals surface area contributed by atoms with Crippen molar-refractivity contribution < 1.29 is 29.0 Å². The second-order valence-electron chi connectivity index (χ2n) is 10.8. The van der Waals surface area contributed by atoms with Crippen LogP contribution in [-0.4, -0.2) is 86.6 Å². The highest BCUT2D eigenvalue weighted by Crippen LogP contribution is 2.60. The van der Waals surface area contributed by atoms with Gasteiger partial charge in [0.05, 0.1) is 37.2 Å². The molecule has 3 rings (SSSR count). The number of esters is 1. The molecular weight excluding hydrogens is 516 g/mol. The fourth-order valence-electron chi connectivity index (χ4n) is 5.81. The molecule has 3 unspecified atom stereocenters. The Morgan fingerprint density at radius 1 is 1.34 bits per heavy atom. The zero-order valence-electron chi connectivity index (χ0n) is 21.2. The number of rotatable bonds is 11. The Kier molecular flexibility index (Phi) is 8.54. The molecule has 2 amide bonds. The monoisotopic (exact) mass is 554 g/mol. The highest BCUT2D eigenvalue weighted by Gasteiger charge is 2.77. The van der Waals surface area contributed by atoms with Crippen LogP contribution in [0.4, 0.5) is 0 Å². The smallest absolute Gasteiger partial charge is 0.312 e. The molecule has 3 heterocycles. The predicted octanol–water partition coefficient (Wildman–Crippen LogP) is 2.83. The molecule has 1 spiro atoms. The van der Waals surface area contributed by atoms with E-state index in [4.69, 9.17) is 9.47 Å². The third kappa shape index (κ3) is 4.83. The third-order valence-corrected chi connectivity index (χ3v) is 8.25. The lowest BCUT2D eigenvalue weighted by Crippen LogP contribution is -2.61. The molecule has 3 saturated heterocycles. The van der Waals surface area contributed by atoms with Gasteiger partial charge in [-0.05, 0) is 53.4 Å². The van der Waals surface area contributed by atoms with Crippen molar-refractivity contribution in [3.8, 4) is 0 Å². The molecule has 0 aromatic heterocycles. The highest BCUT2D eigenvalue weighted by molar-refractivity contribution is 9.09. The van der Waals surface area contributed by atoms with Crippen LogP contribution >= 0.6 is 15.9 Å². The molecule has 196 valence electrons. The van der Waals surface area contributed by atoms with Crippen LogP contribution in [0.5, 0.6) is 0 Å². The fraction of sp³-hybridized carbons (Fsp3) is 0.731. The summed E-state index contributed by atoms with van der Waals surface area (Å²) in [5.41, 5.74) is -1.71. The zero-order valence-corrected chi connectivity index (χ0v) is 22.8. The topological polar surface area (TPSA) is 96.4 Å². The Morgan fingerprint density at radius 3 is 2.60 bits per heavy atom. The fourth-order valence-corrected chi connectivity index (χ4v) is 6.75. The molecule has 0 aliphatic carbocycles. The van der Waals surface area contributed by atoms with E-state index in [1.54, 1.807) is 17.9 Å². The van der Waals surface area contributed by atoms with E-state index in [9.17, 15) is 19.5 Å². The van der Waals surface area contributed by atoms with E-state index in [-0.39, 0.29) is 29.9 Å². The average Bonchev–Trinajstić information content (AvgIpc) is 3.38. The summed E-state index contributed by atoms with van der Waals surface area (Å²) in [6.07, 6.45) is 5.73. The van der Waals surface area contributed by atoms with Crippen LogP contribution in [0.1, 0.15) is 53.4 Å². The molecule has 7 atom stereocenters. The van der Waals surface area contributed by atoms with Gasteiger partial charge in [0.1, 0.15) is 11.6 Å². The lowest BCUT2D eigenvalue weighted by atomic mass is 9.70. The lowest BCUT2D eigenvalue weighted by Gasteiger charge is -2.43. The summed E-state index contributed by atoms with van der Waals surface area (Å²) >= 11 is 3.65. The van der Waals surface area contributed by atoms with Crippen LogP contribution in [0, 0.1) is 11.8 Å². The number of likely N-dealkylation sites (tertiary alicyclic amines) is 1. The van der Waals surface area contributed by atoms with Crippen molar-refractivity contribution >= 4 is 33.7 Å². The number of allylic oxidation sites excluding steroid dienone is 1. The van der Waals surface area contributed by atoms with Crippen LogP contribution in [0.15, 0.2) is 25.3 Å². The zero-order chi connectivity index (χ0) is 26.1. The number of ether oxygens (including phenoxy) is 2. The molecule has 3 aliphatic rings. The summed E-state index contributed by atoms with van der Waals surface area (Å²) < 4.78 is 12.0. The van der Waals surface area contributed by atoms with Gasteiger partial charge in [-0.1, -0.05) is 28.1 Å². The lowest BCUT2D eigenvalue weighted by molar-refractivity contribution is -0.157. The Bertz CT molecular complexity index is 857. The van der Waals surface area contributed by atoms with Crippen molar-refractivity contribution in [2.24, 2.45) is 11.8 Å². The van der Waals surface area contributed by atoms with Crippen molar-refractivity contribution in [2.75, 3.05) is 19.8 Å². The molecule has 35 heavy (non-hydrogen) atoms. The van der Waals surface area contributed by atoms with Crippen LogP contribution in [-0.2, 0) is 23.9 Å². The minimum Gasteiger partial charge on any atom is -0.465 e. The number of halogens is 1. The number of unbranched alkanes of at least 4 members (excludes halogenated alkanes) is 2. The molecule has 8 nitrogen and oxygen atoms in total. The summed E-state index contributed by atoms with van der Waals surface area (Å²) in [5, 5.41) is 9.98. The standard InChI is InChI=1S/C26H39BrN2O6/c1-7-9-10-11-13-34-24(33)18-19-22(31)29(16(3)15-30)21(26(19)14-17(27)20(18)35-26)23(32)28(12-8-2)25(4,5)6/h7-8,16-21,30H,1-2,9-15H2,3-6H3/t16-,17?,18-,19+,20-,21?,26?/m1/s1. The Hall–Kier alpha value is -1.71. The van der Waals surface area contributed by atoms with Gasteiger partial charge < -0.3 is 24.4 Å². The van der Waals surface area contributed by atoms with E-state index in [1.807, 2.05) is 26.8 Å². The number of amides is 2. The van der Waals surface area contributed by atoms with Gasteiger partial charge in [0, 0.05) is 16.9 Å². The Morgan fingerprint density at radius 2 is 2.03 bits per heavy atom. The van der Waals surface area contributed by atoms with Gasteiger partial charge in [-0.25, -0.2) is 0 Å². The minimum absolute atomic E-state index is 0.202. The Labute approximate surface area is 216 Å². The van der Waals surface area contributed by atoms with Crippen LogP contribution in [0.25, 0.3) is 0 Å². The molecule has 3 aliphatic heterocycles. The number of aliphatic hydroxyl groups is 1. The van der Waals surface area contributed by atoms with Gasteiger partial charge >= 0.3 is 5.97 Å². The number of carbonyl (C=O) groups is 3. The second kappa shape index (κ2) is 10.7. The summed E-state index contributed by atoms with van der Waals surface area (Å²) in [5.74, 6) is -2.73. The molecule has 3 fully saturated rings. The molecule has 0 radical (unpaired) electrons. The molecule has 0 saturated carbocycles. The number of hydrogen-bond acceptors (Lipinski definition) is 6. The summed E-state index contributed by atoms with van der Waals surface area (Å²) in [7, 11) is 0. The number of nitrogens with zero attached hydrogens (tertiary/aromatic N) is 2. The molecule has 1 N–H and O–H groups in total. The molecule has 0 aromatic rings. The maximum atomic E-state index is 14.1. The molecular formula is C26H39BrN2O6. The van der Waals surface area contributed by atoms with E-state index < -0.39 is 47.1 Å². The number of aliphatic hydroxyl groups excluding tert-OH is 1. The van der Waals surface area contributed by atoms with Gasteiger partial charge in [0.15, 0.2) is 0 Å². The van der Waals surface area contributed by atoms with Crippen LogP contribution in [0.3, 0.4) is 0 Å². The maximum absolute atomic E-state index is 14.1. The van der Waals surface area contributed by atoms with Crippen LogP contribution in [0.2, 0.25) is 0 Å². The van der Waals surface area contributed by atoms with Gasteiger partial charge in [0.2, 0.25) is 11.8 Å². The highest BCUT2D eigenvalue weighted by atomic mass is 79.9. The van der Waals surface area contributed by atoms with Crippen molar-refractivity contribution in [2.45, 2.75) is 87.5 Å². The average molecular weight is 556 g/mol. The first-order chi connectivity index (χ1) is 16.5. The van der Waals surface area contributed by atoms with Crippen molar-refractivity contribution in [1.82, 2.24) is 9.80 Å². The third-order valence-electron chi connectivity index (χ3n) is 7.41. The maximum Gasteiger partial charge on any atom is 0.312 e. The van der Waals surface area contributed by atoms with Crippen molar-refractivity contribution in [3.05, 3.63) is 25.3 Å². The molecule has 0 aromatic carbocycles. The van der Waals surface area contributed by atoms with E-state index in [0.29, 0.717) is 19.4 Å². The summed E-state index contributed by atoms with van der Waals surface area (Å²) in [6, 6.07) is -1.58. The van der Waals surface area contributed by atoms with E-state index in [2.05, 4.69) is 29.1 Å². The Balaban J connectivity index is 1.98. The van der Waals surface area contributed by atoms with Gasteiger partial charge in [0.25, 0.3) is 0 Å². The first-order valence-corrected chi connectivity index (χ1v) is 13.3. The second-order valence-corrected chi connectivity index (χ2v) is 12.0. The van der Waals surface area contributed by atoms with Gasteiger partial charge in [-0.3, -0.25) is 14.4 Å². The quantitative estimate of drug-likeness (QED) is 0.182. The van der Waals surface area contributed by atoms with E-state index in [1.165, 1.54) is 4.90 Å². The van der Waals surface area contributed by atoms with Crippen LogP contribution < -0.4 is 0 Å². The first-order valence-electron chi connectivity index (χ1n) is 12.4. The SMILES string of the molecule is C=CCCCCOC(=O)[C@H]1[C@@H]2OC3(CC2Br)C(C(=O)N(CC=C)C(C)(C)C)N([C@H](C)CO)C(=O)[C@H]13. The number of fused-ring (bicyclic) bond motifs is 1. The van der Waals surface area contributed by atoms with E-state index >= 15 is 0 Å². The number of alkyl halides is 1. The van der Waals surface area contributed by atoms with Gasteiger partial charge in [-0.2, -0.15) is 0 Å². The van der Waals surface area contributed by atoms with Crippen molar-refractivity contribution in [1.29, 1.82) is 0 Å². The summed E-state index contributed by atoms with van der Waals surface area (Å²) in [6.45, 7) is 15.2. The normalized spacial score (nSPS) is 32.3. The van der Waals surface area contributed by atoms with Gasteiger partial charge in [-0.15, -0.1) is 13.2 Å². The minimum atomic E-state index is -1.17. The summed E-state index contributed by atoms with van der Waals surface area (Å²) in [4.78, 5) is 44.2. The largest absolute Gasteiger partial charge is 0.465 e. The van der Waals surface area contributed by atoms with E-state index in [0.717, 1.165) is 12.8 Å². The first kappa shape index (κ1) is 27.9. The molecule has 9 heteroatoms. The molecule has 2 bridgehead atoms. The van der Waals surface area contributed by atoms with Crippen molar-refractivity contribution in [3.63, 3.8) is 0 Å². The predicted molar refractivity (Wildman–Crippen MR) is 136 cm³/mol.